The molecular weight excluding hydrogens is 361 g/mol. The molecule has 1 aromatic heterocycles. The van der Waals surface area contributed by atoms with Gasteiger partial charge in [0.05, 0.1) is 24.9 Å². The van der Waals surface area contributed by atoms with E-state index in [1.165, 1.54) is 13.2 Å². The monoisotopic (exact) mass is 381 g/mol. The number of hydrogen-bond acceptors (Lipinski definition) is 5. The van der Waals surface area contributed by atoms with E-state index < -0.39 is 17.7 Å². The molecule has 0 spiro atoms. The Kier molecular flexibility index (Phi) is 4.63. The molecule has 0 saturated heterocycles. The minimum absolute atomic E-state index is 0.0949. The summed E-state index contributed by atoms with van der Waals surface area (Å²) in [5, 5.41) is 3.20. The molecule has 2 aliphatic rings. The molecule has 0 saturated carbocycles. The van der Waals surface area contributed by atoms with Gasteiger partial charge in [-0.15, -0.1) is 0 Å². The number of ether oxygens (including phenoxy) is 1. The second-order valence-electron chi connectivity index (χ2n) is 7.05. The molecule has 1 aromatic carbocycles. The average molecular weight is 381 g/mol. The minimum Gasteiger partial charge on any atom is -0.469 e. The summed E-state index contributed by atoms with van der Waals surface area (Å²) in [5.41, 5.74) is 2.25. The van der Waals surface area contributed by atoms with Gasteiger partial charge < -0.3 is 14.5 Å². The summed E-state index contributed by atoms with van der Waals surface area (Å²) in [6.07, 6.45) is 2.37. The van der Waals surface area contributed by atoms with Crippen LogP contribution in [0.25, 0.3) is 0 Å². The van der Waals surface area contributed by atoms with Gasteiger partial charge in [-0.05, 0) is 31.5 Å². The number of Topliss-reactive ketones (excluding diaryl/α,β-unsaturated/α-hetero) is 1. The third-order valence-corrected chi connectivity index (χ3v) is 5.39. The van der Waals surface area contributed by atoms with Crippen LogP contribution in [0.2, 0.25) is 0 Å². The van der Waals surface area contributed by atoms with Gasteiger partial charge in [-0.3, -0.25) is 4.79 Å². The minimum atomic E-state index is -0.796. The highest BCUT2D eigenvalue weighted by Crippen LogP contribution is 2.46. The van der Waals surface area contributed by atoms with Gasteiger partial charge >= 0.3 is 5.97 Å². The van der Waals surface area contributed by atoms with Crippen LogP contribution in [0.15, 0.2) is 69.6 Å². The first kappa shape index (κ1) is 18.2. The Morgan fingerprint density at radius 3 is 2.68 bits per heavy atom. The van der Waals surface area contributed by atoms with Crippen LogP contribution >= 0.6 is 0 Å². The first-order valence-electron chi connectivity index (χ1n) is 9.11. The highest BCUT2D eigenvalue weighted by atomic mass is 19.1. The Labute approximate surface area is 161 Å². The Balaban J connectivity index is 1.85. The van der Waals surface area contributed by atoms with Gasteiger partial charge in [0.25, 0.3) is 0 Å². The number of methoxy groups -OCH3 is 1. The zero-order valence-corrected chi connectivity index (χ0v) is 15.6. The lowest BCUT2D eigenvalue weighted by Crippen LogP contribution is -2.36. The van der Waals surface area contributed by atoms with Crippen molar-refractivity contribution in [2.45, 2.75) is 31.6 Å². The Bertz CT molecular complexity index is 1000. The summed E-state index contributed by atoms with van der Waals surface area (Å²) in [4.78, 5) is 25.7. The largest absolute Gasteiger partial charge is 0.469 e. The fourth-order valence-electron chi connectivity index (χ4n) is 4.16. The molecule has 144 valence electrons. The number of ketones is 1. The maximum absolute atomic E-state index is 14.7. The number of benzene rings is 1. The van der Waals surface area contributed by atoms with Crippen molar-refractivity contribution in [3.05, 3.63) is 82.3 Å². The molecule has 1 N–H and O–H groups in total. The molecule has 4 rings (SSSR count). The van der Waals surface area contributed by atoms with Crippen LogP contribution < -0.4 is 5.32 Å². The molecule has 0 radical (unpaired) electrons. The first-order valence-corrected chi connectivity index (χ1v) is 9.11. The highest BCUT2D eigenvalue weighted by Gasteiger charge is 2.42. The van der Waals surface area contributed by atoms with Crippen LogP contribution in [-0.4, -0.2) is 18.9 Å². The van der Waals surface area contributed by atoms with Gasteiger partial charge in [0.2, 0.25) is 0 Å². The van der Waals surface area contributed by atoms with Crippen molar-refractivity contribution in [2.24, 2.45) is 0 Å². The highest BCUT2D eigenvalue weighted by molar-refractivity contribution is 6.04. The van der Waals surface area contributed by atoms with Crippen molar-refractivity contribution in [1.82, 2.24) is 5.32 Å². The summed E-state index contributed by atoms with van der Waals surface area (Å²) in [5.74, 6) is -1.32. The van der Waals surface area contributed by atoms with Crippen LogP contribution in [0.1, 0.15) is 42.9 Å². The number of halogens is 1. The third-order valence-electron chi connectivity index (χ3n) is 5.39. The van der Waals surface area contributed by atoms with Gasteiger partial charge in [-0.1, -0.05) is 18.2 Å². The van der Waals surface area contributed by atoms with E-state index in [0.717, 1.165) is 5.76 Å². The molecule has 2 aromatic rings. The van der Waals surface area contributed by atoms with Crippen molar-refractivity contribution < 1.29 is 23.1 Å². The number of rotatable bonds is 3. The van der Waals surface area contributed by atoms with E-state index in [9.17, 15) is 14.0 Å². The summed E-state index contributed by atoms with van der Waals surface area (Å²) in [7, 11) is 1.28. The summed E-state index contributed by atoms with van der Waals surface area (Å²) < 4.78 is 25.1. The number of carbonyl (C=O) groups is 2. The number of dihydropyridines is 1. The molecule has 0 bridgehead atoms. The van der Waals surface area contributed by atoms with E-state index in [0.29, 0.717) is 29.0 Å². The predicted octanol–water partition coefficient (Wildman–Crippen LogP) is 3.95. The van der Waals surface area contributed by atoms with Gasteiger partial charge in [0.15, 0.2) is 5.78 Å². The van der Waals surface area contributed by atoms with E-state index >= 15 is 0 Å². The number of allylic oxidation sites excluding steroid dienone is 3. The molecule has 0 amide bonds. The Morgan fingerprint density at radius 1 is 1.21 bits per heavy atom. The summed E-state index contributed by atoms with van der Waals surface area (Å²) in [6, 6.07) is 9.87. The topological polar surface area (TPSA) is 68.5 Å². The molecule has 28 heavy (non-hydrogen) atoms. The number of nitrogens with one attached hydrogen (secondary N) is 1. The maximum Gasteiger partial charge on any atom is 0.336 e. The van der Waals surface area contributed by atoms with Gasteiger partial charge in [0.1, 0.15) is 11.6 Å². The van der Waals surface area contributed by atoms with Crippen LogP contribution in [0.5, 0.6) is 0 Å². The van der Waals surface area contributed by atoms with Crippen molar-refractivity contribution >= 4 is 11.8 Å². The van der Waals surface area contributed by atoms with Crippen molar-refractivity contribution in [3.63, 3.8) is 0 Å². The predicted molar refractivity (Wildman–Crippen MR) is 99.7 cm³/mol. The third kappa shape index (κ3) is 2.95. The molecule has 5 nitrogen and oxygen atoms in total. The second kappa shape index (κ2) is 7.11. The lowest BCUT2D eigenvalue weighted by molar-refractivity contribution is -0.136. The Hall–Kier alpha value is -3.15. The van der Waals surface area contributed by atoms with Crippen LogP contribution in [-0.2, 0) is 14.3 Å². The van der Waals surface area contributed by atoms with Crippen molar-refractivity contribution in [1.29, 1.82) is 0 Å². The lowest BCUT2D eigenvalue weighted by atomic mass is 9.72. The van der Waals surface area contributed by atoms with E-state index in [1.54, 1.807) is 37.5 Å². The first-order chi connectivity index (χ1) is 13.5. The Morgan fingerprint density at radius 2 is 2.00 bits per heavy atom. The van der Waals surface area contributed by atoms with Crippen molar-refractivity contribution in [2.75, 3.05) is 7.11 Å². The fraction of sp³-hybridized carbons (Fsp3) is 0.273. The van der Waals surface area contributed by atoms with Gasteiger partial charge in [-0.2, -0.15) is 0 Å². The summed E-state index contributed by atoms with van der Waals surface area (Å²) in [6.45, 7) is 1.74. The van der Waals surface area contributed by atoms with Crippen LogP contribution in [0.4, 0.5) is 4.39 Å². The zero-order valence-electron chi connectivity index (χ0n) is 15.6. The molecule has 2 heterocycles. The smallest absolute Gasteiger partial charge is 0.336 e. The van der Waals surface area contributed by atoms with Crippen molar-refractivity contribution in [3.8, 4) is 0 Å². The van der Waals surface area contributed by atoms with E-state index in [2.05, 4.69) is 5.32 Å². The SMILES string of the molecule is COC(=O)C1=C(C)NC2=C(C(=O)CC(c3ccco3)C2)C1c1ccccc1F. The van der Waals surface area contributed by atoms with Crippen LogP contribution in [0.3, 0.4) is 0 Å². The molecule has 0 fully saturated rings. The van der Waals surface area contributed by atoms with Gasteiger partial charge in [0, 0.05) is 34.9 Å². The molecule has 2 unspecified atom stereocenters. The second-order valence-corrected chi connectivity index (χ2v) is 7.05. The number of furan rings is 1. The van der Waals surface area contributed by atoms with E-state index in [4.69, 9.17) is 9.15 Å². The molecule has 2 atom stereocenters. The zero-order chi connectivity index (χ0) is 19.8. The summed E-state index contributed by atoms with van der Waals surface area (Å²) >= 11 is 0. The normalized spacial score (nSPS) is 22.0. The average Bonchev–Trinajstić information content (AvgIpc) is 3.21. The van der Waals surface area contributed by atoms with E-state index in [-0.39, 0.29) is 23.7 Å². The number of esters is 1. The standard InChI is InChI=1S/C22H20FNO4/c1-12-19(22(26)27-2)20(14-6-3-4-7-15(14)23)21-16(24-12)10-13(11-17(21)25)18-8-5-9-28-18/h3-9,13,20,24H,10-11H2,1-2H3. The molecular formula is C22H20FNO4. The molecule has 1 aliphatic heterocycles. The number of hydrogen-bond donors (Lipinski definition) is 1. The molecule has 6 heteroatoms. The van der Waals surface area contributed by atoms with E-state index in [1.807, 2.05) is 6.07 Å². The van der Waals surface area contributed by atoms with Gasteiger partial charge in [-0.25, -0.2) is 9.18 Å². The fourth-order valence-corrected chi connectivity index (χ4v) is 4.16. The lowest BCUT2D eigenvalue weighted by Gasteiger charge is -2.36. The maximum atomic E-state index is 14.7. The van der Waals surface area contributed by atoms with Crippen LogP contribution in [0, 0.1) is 5.82 Å². The quantitative estimate of drug-likeness (QED) is 0.816. The molecule has 1 aliphatic carbocycles. The number of carbonyl (C=O) groups excluding carboxylic acids is 2.